The highest BCUT2D eigenvalue weighted by atomic mass is 15.1. The molecule has 0 aliphatic carbocycles. The Labute approximate surface area is 122 Å². The maximum atomic E-state index is 9.17. The van der Waals surface area contributed by atoms with Gasteiger partial charge in [0.15, 0.2) is 0 Å². The van der Waals surface area contributed by atoms with Crippen LogP contribution < -0.4 is 5.32 Å². The Hall–Kier alpha value is -1.53. The highest BCUT2D eigenvalue weighted by Crippen LogP contribution is 2.20. The molecule has 0 saturated carbocycles. The van der Waals surface area contributed by atoms with Crippen molar-refractivity contribution < 1.29 is 0 Å². The molecule has 1 atom stereocenters. The minimum atomic E-state index is 0.597. The second-order valence-corrected chi connectivity index (χ2v) is 5.96. The van der Waals surface area contributed by atoms with Crippen LogP contribution >= 0.6 is 0 Å². The second-order valence-electron chi connectivity index (χ2n) is 5.96. The molecule has 0 spiro atoms. The maximum Gasteiger partial charge on any atom is 0.101 e. The molecule has 1 heterocycles. The summed E-state index contributed by atoms with van der Waals surface area (Å²) >= 11 is 0. The minimum absolute atomic E-state index is 0.597. The van der Waals surface area contributed by atoms with E-state index >= 15 is 0 Å². The van der Waals surface area contributed by atoms with Crippen molar-refractivity contribution >= 4 is 5.69 Å². The number of rotatable bonds is 5. The van der Waals surface area contributed by atoms with Crippen LogP contribution in [0.1, 0.15) is 37.3 Å². The molecule has 1 aliphatic rings. The Morgan fingerprint density at radius 2 is 2.05 bits per heavy atom. The van der Waals surface area contributed by atoms with Gasteiger partial charge in [0.05, 0.1) is 11.3 Å². The highest BCUT2D eigenvalue weighted by molar-refractivity contribution is 5.62. The number of anilines is 1. The van der Waals surface area contributed by atoms with Gasteiger partial charge in [0.25, 0.3) is 0 Å². The topological polar surface area (TPSA) is 39.1 Å². The number of likely N-dealkylation sites (tertiary alicyclic amines) is 1. The lowest BCUT2D eigenvalue weighted by molar-refractivity contribution is 0.204. The molecule has 20 heavy (non-hydrogen) atoms. The molecule has 1 aliphatic heterocycles. The molecule has 3 heteroatoms. The third-order valence-electron chi connectivity index (χ3n) is 4.04. The largest absolute Gasteiger partial charge is 0.383 e. The van der Waals surface area contributed by atoms with Crippen molar-refractivity contribution in [3.8, 4) is 6.07 Å². The number of piperidine rings is 1. The van der Waals surface area contributed by atoms with Crippen molar-refractivity contribution in [1.82, 2.24) is 4.90 Å². The zero-order chi connectivity index (χ0) is 14.4. The number of aryl methyl sites for hydroxylation is 1. The molecule has 108 valence electrons. The molecule has 1 N–H and O–H groups in total. The van der Waals surface area contributed by atoms with Gasteiger partial charge >= 0.3 is 0 Å². The fraction of sp³-hybridized carbons (Fsp3) is 0.588. The Bertz CT molecular complexity index is 470. The first kappa shape index (κ1) is 14.9. The minimum Gasteiger partial charge on any atom is -0.383 e. The van der Waals surface area contributed by atoms with Crippen molar-refractivity contribution in [3.63, 3.8) is 0 Å². The van der Waals surface area contributed by atoms with Crippen molar-refractivity contribution in [2.75, 3.05) is 31.5 Å². The average molecular weight is 271 g/mol. The molecular weight excluding hydrogens is 246 g/mol. The van der Waals surface area contributed by atoms with E-state index in [-0.39, 0.29) is 0 Å². The molecule has 1 aromatic rings. The molecule has 1 saturated heterocycles. The van der Waals surface area contributed by atoms with Gasteiger partial charge in [-0.1, -0.05) is 25.5 Å². The number of nitrogens with one attached hydrogen (secondary N) is 1. The smallest absolute Gasteiger partial charge is 0.101 e. The van der Waals surface area contributed by atoms with E-state index in [1.807, 2.05) is 12.1 Å². The van der Waals surface area contributed by atoms with Crippen LogP contribution in [0.2, 0.25) is 0 Å². The maximum absolute atomic E-state index is 9.17. The lowest BCUT2D eigenvalue weighted by atomic mass is 10.1. The zero-order valence-electron chi connectivity index (χ0n) is 12.7. The first-order chi connectivity index (χ1) is 9.70. The number of benzene rings is 1. The summed E-state index contributed by atoms with van der Waals surface area (Å²) in [6.07, 6.45) is 4.07. The molecule has 1 unspecified atom stereocenters. The summed E-state index contributed by atoms with van der Waals surface area (Å²) < 4.78 is 0. The van der Waals surface area contributed by atoms with Gasteiger partial charge in [-0.15, -0.1) is 0 Å². The molecule has 1 fully saturated rings. The molecule has 3 nitrogen and oxygen atoms in total. The van der Waals surface area contributed by atoms with E-state index in [1.165, 1.54) is 32.4 Å². The molecule has 0 bridgehead atoms. The summed E-state index contributed by atoms with van der Waals surface area (Å²) in [6.45, 7) is 8.91. The van der Waals surface area contributed by atoms with E-state index < -0.39 is 0 Å². The Morgan fingerprint density at radius 1 is 1.30 bits per heavy atom. The fourth-order valence-corrected chi connectivity index (χ4v) is 2.92. The van der Waals surface area contributed by atoms with E-state index in [0.717, 1.165) is 29.9 Å². The van der Waals surface area contributed by atoms with Crippen molar-refractivity contribution in [2.45, 2.75) is 33.1 Å². The molecular formula is C17H25N3. The van der Waals surface area contributed by atoms with Gasteiger partial charge in [-0.25, -0.2) is 0 Å². The standard InChI is InChI=1S/C17H25N3/c1-14(13-20-9-4-3-5-10-20)12-19-17-15(2)7-6-8-16(17)11-18/h6-8,14,19H,3-5,9-10,12-13H2,1-2H3. The molecule has 2 rings (SSSR count). The second kappa shape index (κ2) is 7.31. The number of hydrogen-bond donors (Lipinski definition) is 1. The van der Waals surface area contributed by atoms with Crippen molar-refractivity contribution in [2.24, 2.45) is 5.92 Å². The number of nitrogens with zero attached hydrogens (tertiary/aromatic N) is 2. The number of para-hydroxylation sites is 1. The third kappa shape index (κ3) is 3.98. The normalized spacial score (nSPS) is 17.4. The van der Waals surface area contributed by atoms with E-state index in [4.69, 9.17) is 0 Å². The summed E-state index contributed by atoms with van der Waals surface area (Å²) in [5.74, 6) is 0.597. The van der Waals surface area contributed by atoms with Gasteiger partial charge in [-0.3, -0.25) is 0 Å². The van der Waals surface area contributed by atoms with Crippen LogP contribution in [-0.4, -0.2) is 31.1 Å². The fourth-order valence-electron chi connectivity index (χ4n) is 2.92. The summed E-state index contributed by atoms with van der Waals surface area (Å²) in [7, 11) is 0. The highest BCUT2D eigenvalue weighted by Gasteiger charge is 2.14. The predicted molar refractivity (Wildman–Crippen MR) is 83.8 cm³/mol. The van der Waals surface area contributed by atoms with Crippen LogP contribution in [0.3, 0.4) is 0 Å². The first-order valence-corrected chi connectivity index (χ1v) is 7.66. The van der Waals surface area contributed by atoms with E-state index in [0.29, 0.717) is 5.92 Å². The molecule has 0 aromatic heterocycles. The molecule has 0 radical (unpaired) electrons. The number of hydrogen-bond acceptors (Lipinski definition) is 3. The van der Waals surface area contributed by atoms with Crippen molar-refractivity contribution in [1.29, 1.82) is 5.26 Å². The van der Waals surface area contributed by atoms with Gasteiger partial charge in [0, 0.05) is 13.1 Å². The summed E-state index contributed by atoms with van der Waals surface area (Å²) in [4.78, 5) is 2.57. The van der Waals surface area contributed by atoms with Gasteiger partial charge in [0.2, 0.25) is 0 Å². The van der Waals surface area contributed by atoms with Crippen LogP contribution in [-0.2, 0) is 0 Å². The van der Waals surface area contributed by atoms with E-state index in [9.17, 15) is 5.26 Å². The SMILES string of the molecule is Cc1cccc(C#N)c1NCC(C)CN1CCCCC1. The van der Waals surface area contributed by atoms with Crippen molar-refractivity contribution in [3.05, 3.63) is 29.3 Å². The lowest BCUT2D eigenvalue weighted by Gasteiger charge is -2.29. The lowest BCUT2D eigenvalue weighted by Crippen LogP contribution is -2.35. The molecule has 1 aromatic carbocycles. The predicted octanol–water partition coefficient (Wildman–Crippen LogP) is 3.40. The van der Waals surface area contributed by atoms with Gasteiger partial charge < -0.3 is 10.2 Å². The van der Waals surface area contributed by atoms with E-state index in [1.54, 1.807) is 0 Å². The third-order valence-corrected chi connectivity index (χ3v) is 4.04. The summed E-state index contributed by atoms with van der Waals surface area (Å²) in [5, 5.41) is 12.6. The Balaban J connectivity index is 1.87. The first-order valence-electron chi connectivity index (χ1n) is 7.66. The number of nitriles is 1. The van der Waals surface area contributed by atoms with Crippen LogP contribution in [0.25, 0.3) is 0 Å². The van der Waals surface area contributed by atoms with Gasteiger partial charge in [-0.2, -0.15) is 5.26 Å². The van der Waals surface area contributed by atoms with Crippen LogP contribution in [0.4, 0.5) is 5.69 Å². The average Bonchev–Trinajstić information content (AvgIpc) is 2.46. The molecule has 0 amide bonds. The quantitative estimate of drug-likeness (QED) is 0.892. The van der Waals surface area contributed by atoms with Crippen LogP contribution in [0, 0.1) is 24.2 Å². The van der Waals surface area contributed by atoms with E-state index in [2.05, 4.69) is 36.2 Å². The van der Waals surface area contributed by atoms with Crippen LogP contribution in [0.5, 0.6) is 0 Å². The van der Waals surface area contributed by atoms with Gasteiger partial charge in [-0.05, 0) is 50.4 Å². The summed E-state index contributed by atoms with van der Waals surface area (Å²) in [5.41, 5.74) is 2.89. The Morgan fingerprint density at radius 3 is 2.75 bits per heavy atom. The summed E-state index contributed by atoms with van der Waals surface area (Å²) in [6, 6.07) is 8.14. The monoisotopic (exact) mass is 271 g/mol. The zero-order valence-corrected chi connectivity index (χ0v) is 12.7. The van der Waals surface area contributed by atoms with Gasteiger partial charge in [0.1, 0.15) is 6.07 Å². The van der Waals surface area contributed by atoms with Crippen LogP contribution in [0.15, 0.2) is 18.2 Å². The Kier molecular flexibility index (Phi) is 5.43.